The molecule has 0 aliphatic rings. The van der Waals surface area contributed by atoms with Gasteiger partial charge >= 0.3 is 6.03 Å². The molecule has 138 valence electrons. The van der Waals surface area contributed by atoms with Crippen LogP contribution in [0.25, 0.3) is 23.5 Å². The van der Waals surface area contributed by atoms with Crippen LogP contribution in [0.15, 0.2) is 78.2 Å². The molecule has 8 nitrogen and oxygen atoms in total. The van der Waals surface area contributed by atoms with Crippen molar-refractivity contribution in [3.8, 4) is 17.4 Å². The number of hydrogen-bond acceptors (Lipinski definition) is 5. The number of nitrogens with zero attached hydrogens (tertiary/aromatic N) is 5. The summed E-state index contributed by atoms with van der Waals surface area (Å²) in [5.41, 5.74) is 7.00. The number of furan rings is 1. The molecule has 8 heteroatoms. The fourth-order valence-corrected chi connectivity index (χ4v) is 2.79. The molecule has 0 atom stereocenters. The van der Waals surface area contributed by atoms with Gasteiger partial charge in [-0.15, -0.1) is 0 Å². The highest BCUT2D eigenvalue weighted by Gasteiger charge is 2.22. The standard InChI is InChI=1S/C20H16N6O2/c1-2-14-7-3-4-8-15(14)26(20(21)27)18-13-17(25-11-6-10-22-25)23-19(24-18)16-9-5-12-28-16/h2-13H,1H2,(H2,21,27). The smallest absolute Gasteiger partial charge is 0.325 e. The molecule has 2 amide bonds. The van der Waals surface area contributed by atoms with E-state index in [1.165, 1.54) is 11.2 Å². The number of carbonyl (C=O) groups is 1. The van der Waals surface area contributed by atoms with Crippen molar-refractivity contribution in [1.29, 1.82) is 0 Å². The van der Waals surface area contributed by atoms with Crippen LogP contribution in [0.4, 0.5) is 16.3 Å². The Balaban J connectivity index is 1.94. The monoisotopic (exact) mass is 372 g/mol. The van der Waals surface area contributed by atoms with Gasteiger partial charge in [0.1, 0.15) is 5.82 Å². The minimum absolute atomic E-state index is 0.286. The molecule has 0 radical (unpaired) electrons. The largest absolute Gasteiger partial charge is 0.461 e. The molecule has 4 aromatic rings. The summed E-state index contributed by atoms with van der Waals surface area (Å²) in [6.45, 7) is 3.80. The third-order valence-corrected chi connectivity index (χ3v) is 4.03. The lowest BCUT2D eigenvalue weighted by Gasteiger charge is -2.22. The number of para-hydroxylation sites is 1. The maximum absolute atomic E-state index is 12.4. The zero-order chi connectivity index (χ0) is 19.5. The molecule has 3 heterocycles. The topological polar surface area (TPSA) is 103 Å². The van der Waals surface area contributed by atoms with Crippen LogP contribution in [0.3, 0.4) is 0 Å². The first-order chi connectivity index (χ1) is 13.7. The molecular formula is C20H16N6O2. The van der Waals surface area contributed by atoms with Gasteiger partial charge in [0, 0.05) is 18.5 Å². The number of nitrogens with two attached hydrogens (primary N) is 1. The van der Waals surface area contributed by atoms with Crippen LogP contribution in [0.2, 0.25) is 0 Å². The summed E-state index contributed by atoms with van der Waals surface area (Å²) in [7, 11) is 0. The van der Waals surface area contributed by atoms with Gasteiger partial charge in [-0.05, 0) is 29.8 Å². The Morgan fingerprint density at radius 1 is 1.18 bits per heavy atom. The quantitative estimate of drug-likeness (QED) is 0.574. The lowest BCUT2D eigenvalue weighted by Crippen LogP contribution is -2.33. The maximum atomic E-state index is 12.4. The summed E-state index contributed by atoms with van der Waals surface area (Å²) in [5.74, 6) is 1.50. The molecule has 0 aliphatic heterocycles. The number of hydrogen-bond donors (Lipinski definition) is 1. The molecule has 0 spiro atoms. The van der Waals surface area contributed by atoms with Crippen LogP contribution in [0.5, 0.6) is 0 Å². The van der Waals surface area contributed by atoms with Gasteiger partial charge in [-0.2, -0.15) is 5.10 Å². The lowest BCUT2D eigenvalue weighted by molar-refractivity contribution is 0.256. The third kappa shape index (κ3) is 3.14. The zero-order valence-corrected chi connectivity index (χ0v) is 14.8. The Labute approximate surface area is 160 Å². The normalized spacial score (nSPS) is 10.6. The van der Waals surface area contributed by atoms with Crippen LogP contribution in [0.1, 0.15) is 5.56 Å². The molecule has 0 fully saturated rings. The van der Waals surface area contributed by atoms with E-state index in [-0.39, 0.29) is 5.82 Å². The Kier molecular flexibility index (Phi) is 4.43. The number of aromatic nitrogens is 4. The van der Waals surface area contributed by atoms with Crippen LogP contribution in [-0.2, 0) is 0 Å². The molecule has 0 aliphatic carbocycles. The van der Waals surface area contributed by atoms with E-state index in [1.54, 1.807) is 59.5 Å². The summed E-state index contributed by atoms with van der Waals surface area (Å²) in [5, 5.41) is 4.21. The summed E-state index contributed by atoms with van der Waals surface area (Å²) in [6, 6.07) is 13.4. The Morgan fingerprint density at radius 2 is 2.04 bits per heavy atom. The number of anilines is 2. The van der Waals surface area contributed by atoms with Crippen molar-refractivity contribution in [3.63, 3.8) is 0 Å². The van der Waals surface area contributed by atoms with E-state index in [2.05, 4.69) is 21.6 Å². The van der Waals surface area contributed by atoms with Crippen molar-refractivity contribution >= 4 is 23.6 Å². The summed E-state index contributed by atoms with van der Waals surface area (Å²) in [4.78, 5) is 22.7. The van der Waals surface area contributed by atoms with Crippen molar-refractivity contribution in [3.05, 3.63) is 79.3 Å². The van der Waals surface area contributed by atoms with E-state index < -0.39 is 6.03 Å². The first-order valence-electron chi connectivity index (χ1n) is 8.41. The van der Waals surface area contributed by atoms with E-state index in [1.807, 2.05) is 12.1 Å². The second kappa shape index (κ2) is 7.20. The van der Waals surface area contributed by atoms with Gasteiger partial charge in [0.25, 0.3) is 0 Å². The fraction of sp³-hybridized carbons (Fsp3) is 0. The van der Waals surface area contributed by atoms with E-state index in [9.17, 15) is 4.79 Å². The minimum Gasteiger partial charge on any atom is -0.461 e. The van der Waals surface area contributed by atoms with Gasteiger partial charge in [0.2, 0.25) is 0 Å². The molecule has 0 unspecified atom stereocenters. The highest BCUT2D eigenvalue weighted by Crippen LogP contribution is 2.30. The van der Waals surface area contributed by atoms with Gasteiger partial charge in [0.05, 0.1) is 12.0 Å². The second-order valence-corrected chi connectivity index (χ2v) is 5.77. The Bertz CT molecular complexity index is 1070. The number of urea groups is 1. The number of amides is 2. The van der Waals surface area contributed by atoms with Gasteiger partial charge in [-0.3, -0.25) is 0 Å². The number of benzene rings is 1. The first-order valence-corrected chi connectivity index (χ1v) is 8.41. The van der Waals surface area contributed by atoms with Crippen molar-refractivity contribution in [2.24, 2.45) is 5.73 Å². The van der Waals surface area contributed by atoms with Crippen LogP contribution >= 0.6 is 0 Å². The lowest BCUT2D eigenvalue weighted by atomic mass is 10.1. The molecular weight excluding hydrogens is 356 g/mol. The predicted molar refractivity (Wildman–Crippen MR) is 105 cm³/mol. The van der Waals surface area contributed by atoms with E-state index in [0.29, 0.717) is 23.1 Å². The van der Waals surface area contributed by atoms with Gasteiger partial charge < -0.3 is 10.2 Å². The first kappa shape index (κ1) is 17.2. The zero-order valence-electron chi connectivity index (χ0n) is 14.8. The van der Waals surface area contributed by atoms with Crippen molar-refractivity contribution in [1.82, 2.24) is 19.7 Å². The summed E-state index contributed by atoms with van der Waals surface area (Å²) in [6.07, 6.45) is 6.55. The molecule has 0 saturated heterocycles. The summed E-state index contributed by atoms with van der Waals surface area (Å²) >= 11 is 0. The number of rotatable bonds is 5. The number of primary amides is 1. The average Bonchev–Trinajstić information content (AvgIpc) is 3.42. The molecule has 3 aromatic heterocycles. The Morgan fingerprint density at radius 3 is 2.71 bits per heavy atom. The maximum Gasteiger partial charge on any atom is 0.325 e. The molecule has 0 saturated carbocycles. The molecule has 2 N–H and O–H groups in total. The van der Waals surface area contributed by atoms with E-state index >= 15 is 0 Å². The van der Waals surface area contributed by atoms with Crippen molar-refractivity contribution < 1.29 is 9.21 Å². The highest BCUT2D eigenvalue weighted by molar-refractivity contribution is 5.99. The van der Waals surface area contributed by atoms with Crippen LogP contribution in [-0.4, -0.2) is 25.8 Å². The average molecular weight is 372 g/mol. The van der Waals surface area contributed by atoms with Crippen LogP contribution in [0, 0.1) is 0 Å². The molecule has 1 aromatic carbocycles. The highest BCUT2D eigenvalue weighted by atomic mass is 16.3. The third-order valence-electron chi connectivity index (χ3n) is 4.03. The van der Waals surface area contributed by atoms with E-state index in [4.69, 9.17) is 10.2 Å². The predicted octanol–water partition coefficient (Wildman–Crippen LogP) is 3.78. The van der Waals surface area contributed by atoms with Gasteiger partial charge in [-0.1, -0.05) is 30.9 Å². The molecule has 0 bridgehead atoms. The second-order valence-electron chi connectivity index (χ2n) is 5.77. The van der Waals surface area contributed by atoms with Gasteiger partial charge in [0.15, 0.2) is 17.4 Å². The van der Waals surface area contributed by atoms with Crippen molar-refractivity contribution in [2.75, 3.05) is 4.90 Å². The SMILES string of the molecule is C=Cc1ccccc1N(C(N)=O)c1cc(-n2cccn2)nc(-c2ccco2)n1. The summed E-state index contributed by atoms with van der Waals surface area (Å²) < 4.78 is 7.00. The van der Waals surface area contributed by atoms with Crippen LogP contribution < -0.4 is 10.6 Å². The minimum atomic E-state index is -0.690. The fourth-order valence-electron chi connectivity index (χ4n) is 2.79. The Hall–Kier alpha value is -4.20. The van der Waals surface area contributed by atoms with Crippen molar-refractivity contribution in [2.45, 2.75) is 0 Å². The number of carbonyl (C=O) groups excluding carboxylic acids is 1. The van der Waals surface area contributed by atoms with Gasteiger partial charge in [-0.25, -0.2) is 24.3 Å². The molecule has 4 rings (SSSR count). The van der Waals surface area contributed by atoms with E-state index in [0.717, 1.165) is 5.56 Å². The molecule has 28 heavy (non-hydrogen) atoms.